The van der Waals surface area contributed by atoms with Gasteiger partial charge in [-0.1, -0.05) is 12.1 Å². The first-order valence-electron chi connectivity index (χ1n) is 6.14. The van der Waals surface area contributed by atoms with Crippen molar-refractivity contribution in [3.63, 3.8) is 0 Å². The SMILES string of the molecule is CNc1cc(Cn2c(C)cccc2=O)ccc1[N+](=O)[O-]. The molecule has 0 aliphatic carbocycles. The zero-order valence-electron chi connectivity index (χ0n) is 11.3. The van der Waals surface area contributed by atoms with Gasteiger partial charge in [-0.3, -0.25) is 14.9 Å². The number of hydrogen-bond acceptors (Lipinski definition) is 4. The van der Waals surface area contributed by atoms with E-state index < -0.39 is 4.92 Å². The summed E-state index contributed by atoms with van der Waals surface area (Å²) >= 11 is 0. The quantitative estimate of drug-likeness (QED) is 0.684. The van der Waals surface area contributed by atoms with Crippen LogP contribution < -0.4 is 10.9 Å². The van der Waals surface area contributed by atoms with Crippen LogP contribution in [0.4, 0.5) is 11.4 Å². The number of pyridine rings is 1. The van der Waals surface area contributed by atoms with Gasteiger partial charge < -0.3 is 9.88 Å². The monoisotopic (exact) mass is 273 g/mol. The Morgan fingerprint density at radius 3 is 2.65 bits per heavy atom. The number of nitro benzene ring substituents is 1. The molecule has 104 valence electrons. The van der Waals surface area contributed by atoms with Crippen molar-refractivity contribution >= 4 is 11.4 Å². The van der Waals surface area contributed by atoms with Crippen molar-refractivity contribution in [2.24, 2.45) is 0 Å². The molecule has 6 heteroatoms. The molecular weight excluding hydrogens is 258 g/mol. The van der Waals surface area contributed by atoms with Crippen LogP contribution in [0.25, 0.3) is 0 Å². The molecule has 0 saturated carbocycles. The molecule has 1 N–H and O–H groups in total. The van der Waals surface area contributed by atoms with Gasteiger partial charge in [-0.05, 0) is 24.6 Å². The van der Waals surface area contributed by atoms with Crippen LogP contribution in [-0.2, 0) is 6.54 Å². The molecular formula is C14H15N3O3. The number of nitrogens with zero attached hydrogens (tertiary/aromatic N) is 2. The van der Waals surface area contributed by atoms with E-state index >= 15 is 0 Å². The van der Waals surface area contributed by atoms with Crippen molar-refractivity contribution < 1.29 is 4.92 Å². The van der Waals surface area contributed by atoms with Gasteiger partial charge >= 0.3 is 0 Å². The summed E-state index contributed by atoms with van der Waals surface area (Å²) < 4.78 is 1.63. The lowest BCUT2D eigenvalue weighted by atomic mass is 10.1. The first kappa shape index (κ1) is 13.8. The maximum absolute atomic E-state index is 11.8. The second-order valence-electron chi connectivity index (χ2n) is 4.45. The van der Waals surface area contributed by atoms with Gasteiger partial charge in [0.15, 0.2) is 0 Å². The normalized spacial score (nSPS) is 10.3. The summed E-state index contributed by atoms with van der Waals surface area (Å²) in [5, 5.41) is 13.7. The number of aryl methyl sites for hydroxylation is 1. The number of aromatic nitrogens is 1. The average molecular weight is 273 g/mol. The number of anilines is 1. The molecule has 1 heterocycles. The molecule has 0 radical (unpaired) electrons. The highest BCUT2D eigenvalue weighted by molar-refractivity contribution is 5.62. The lowest BCUT2D eigenvalue weighted by Crippen LogP contribution is -2.21. The van der Waals surface area contributed by atoms with Gasteiger partial charge in [0.1, 0.15) is 5.69 Å². The molecule has 1 aromatic heterocycles. The van der Waals surface area contributed by atoms with E-state index in [2.05, 4.69) is 5.32 Å². The largest absolute Gasteiger partial charge is 0.383 e. The van der Waals surface area contributed by atoms with Crippen LogP contribution in [0.1, 0.15) is 11.3 Å². The number of benzene rings is 1. The van der Waals surface area contributed by atoms with Gasteiger partial charge in [0.05, 0.1) is 11.5 Å². The second-order valence-corrected chi connectivity index (χ2v) is 4.45. The second kappa shape index (κ2) is 5.56. The van der Waals surface area contributed by atoms with Crippen LogP contribution in [-0.4, -0.2) is 16.5 Å². The van der Waals surface area contributed by atoms with Crippen molar-refractivity contribution in [3.8, 4) is 0 Å². The predicted molar refractivity (Wildman–Crippen MR) is 77.2 cm³/mol. The molecule has 0 saturated heterocycles. The summed E-state index contributed by atoms with van der Waals surface area (Å²) in [5.74, 6) is 0. The maximum Gasteiger partial charge on any atom is 0.292 e. The Morgan fingerprint density at radius 1 is 1.30 bits per heavy atom. The number of hydrogen-bond donors (Lipinski definition) is 1. The van der Waals surface area contributed by atoms with Gasteiger partial charge in [-0.25, -0.2) is 0 Å². The predicted octanol–water partition coefficient (Wildman–Crippen LogP) is 2.15. The van der Waals surface area contributed by atoms with E-state index in [1.54, 1.807) is 29.8 Å². The lowest BCUT2D eigenvalue weighted by molar-refractivity contribution is -0.383. The standard InChI is InChI=1S/C14H15N3O3/c1-10-4-3-5-14(18)16(10)9-11-6-7-13(17(19)20)12(8-11)15-2/h3-8,15H,9H2,1-2H3. The van der Waals surface area contributed by atoms with Crippen molar-refractivity contribution in [2.75, 3.05) is 12.4 Å². The third-order valence-corrected chi connectivity index (χ3v) is 3.14. The van der Waals surface area contributed by atoms with E-state index in [-0.39, 0.29) is 11.2 Å². The number of nitrogens with one attached hydrogen (secondary N) is 1. The number of rotatable bonds is 4. The van der Waals surface area contributed by atoms with Crippen molar-refractivity contribution in [1.29, 1.82) is 0 Å². The van der Waals surface area contributed by atoms with Crippen molar-refractivity contribution in [1.82, 2.24) is 4.57 Å². The molecule has 2 rings (SSSR count). The Morgan fingerprint density at radius 2 is 2.05 bits per heavy atom. The first-order valence-corrected chi connectivity index (χ1v) is 6.14. The van der Waals surface area contributed by atoms with Gasteiger partial charge in [-0.2, -0.15) is 0 Å². The first-order chi connectivity index (χ1) is 9.52. The van der Waals surface area contributed by atoms with Crippen LogP contribution in [0.2, 0.25) is 0 Å². The van der Waals surface area contributed by atoms with Gasteiger partial charge in [-0.15, -0.1) is 0 Å². The topological polar surface area (TPSA) is 77.2 Å². The molecule has 0 bridgehead atoms. The van der Waals surface area contributed by atoms with Gasteiger partial charge in [0, 0.05) is 24.9 Å². The van der Waals surface area contributed by atoms with Crippen LogP contribution >= 0.6 is 0 Å². The summed E-state index contributed by atoms with van der Waals surface area (Å²) in [7, 11) is 1.63. The van der Waals surface area contributed by atoms with Gasteiger partial charge in [0.2, 0.25) is 0 Å². The maximum atomic E-state index is 11.8. The zero-order valence-corrected chi connectivity index (χ0v) is 11.3. The minimum atomic E-state index is -0.435. The summed E-state index contributed by atoms with van der Waals surface area (Å²) in [6.45, 7) is 2.24. The molecule has 0 atom stereocenters. The molecule has 0 aliphatic heterocycles. The van der Waals surface area contributed by atoms with E-state index in [0.29, 0.717) is 12.2 Å². The molecule has 0 fully saturated rings. The Labute approximate surface area is 115 Å². The Kier molecular flexibility index (Phi) is 3.84. The zero-order chi connectivity index (χ0) is 14.7. The van der Waals surface area contributed by atoms with Gasteiger partial charge in [0.25, 0.3) is 11.2 Å². The van der Waals surface area contributed by atoms with E-state index in [0.717, 1.165) is 11.3 Å². The molecule has 0 unspecified atom stereocenters. The fourth-order valence-electron chi connectivity index (χ4n) is 2.05. The Hall–Kier alpha value is -2.63. The fourth-order valence-corrected chi connectivity index (χ4v) is 2.05. The van der Waals surface area contributed by atoms with E-state index in [1.807, 2.05) is 13.0 Å². The van der Waals surface area contributed by atoms with Crippen LogP contribution in [0.5, 0.6) is 0 Å². The van der Waals surface area contributed by atoms with E-state index in [1.165, 1.54) is 12.1 Å². The molecule has 0 spiro atoms. The van der Waals surface area contributed by atoms with Crippen LogP contribution in [0, 0.1) is 17.0 Å². The number of nitro groups is 1. The minimum Gasteiger partial charge on any atom is -0.383 e. The molecule has 0 aliphatic rings. The molecule has 6 nitrogen and oxygen atoms in total. The Bertz CT molecular complexity index is 707. The fraction of sp³-hybridized carbons (Fsp3) is 0.214. The summed E-state index contributed by atoms with van der Waals surface area (Å²) in [5.41, 5.74) is 2.05. The Balaban J connectivity index is 2.40. The lowest BCUT2D eigenvalue weighted by Gasteiger charge is -2.10. The van der Waals surface area contributed by atoms with Crippen molar-refractivity contribution in [2.45, 2.75) is 13.5 Å². The average Bonchev–Trinajstić information content (AvgIpc) is 2.42. The molecule has 2 aromatic rings. The third-order valence-electron chi connectivity index (χ3n) is 3.14. The molecule has 1 aromatic carbocycles. The summed E-state index contributed by atoms with van der Waals surface area (Å²) in [4.78, 5) is 22.2. The summed E-state index contributed by atoms with van der Waals surface area (Å²) in [6, 6.07) is 9.87. The highest BCUT2D eigenvalue weighted by Gasteiger charge is 2.13. The minimum absolute atomic E-state index is 0.0216. The third kappa shape index (κ3) is 2.69. The van der Waals surface area contributed by atoms with Crippen LogP contribution in [0.3, 0.4) is 0 Å². The smallest absolute Gasteiger partial charge is 0.292 e. The highest BCUT2D eigenvalue weighted by atomic mass is 16.6. The van der Waals surface area contributed by atoms with E-state index in [9.17, 15) is 14.9 Å². The molecule has 20 heavy (non-hydrogen) atoms. The van der Waals surface area contributed by atoms with E-state index in [4.69, 9.17) is 0 Å². The highest BCUT2D eigenvalue weighted by Crippen LogP contribution is 2.25. The van der Waals surface area contributed by atoms with Crippen molar-refractivity contribution in [3.05, 3.63) is 68.1 Å². The summed E-state index contributed by atoms with van der Waals surface area (Å²) in [6.07, 6.45) is 0. The van der Waals surface area contributed by atoms with Crippen LogP contribution in [0.15, 0.2) is 41.2 Å². The molecule has 0 amide bonds.